The first kappa shape index (κ1) is 19.8. The molecule has 2 amide bonds. The number of hydrogen-bond donors (Lipinski definition) is 1. The Morgan fingerprint density at radius 2 is 1.93 bits per heavy atom. The molecule has 0 radical (unpaired) electrons. The van der Waals surface area contributed by atoms with Crippen LogP contribution in [0.3, 0.4) is 0 Å². The van der Waals surface area contributed by atoms with E-state index in [2.05, 4.69) is 15.2 Å². The molecule has 0 spiro atoms. The van der Waals surface area contributed by atoms with Crippen molar-refractivity contribution in [1.29, 1.82) is 0 Å². The van der Waals surface area contributed by atoms with Crippen LogP contribution in [-0.4, -0.2) is 61.2 Å². The van der Waals surface area contributed by atoms with E-state index < -0.39 is 0 Å². The lowest BCUT2D eigenvalue weighted by Gasteiger charge is -2.29. The second-order valence-corrected chi connectivity index (χ2v) is 7.80. The summed E-state index contributed by atoms with van der Waals surface area (Å²) in [6.45, 7) is 4.99. The number of morpholine rings is 1. The van der Waals surface area contributed by atoms with Crippen LogP contribution in [0, 0.1) is 0 Å². The van der Waals surface area contributed by atoms with Crippen molar-refractivity contribution in [1.82, 2.24) is 9.88 Å². The molecule has 9 heteroatoms. The molecule has 0 atom stereocenters. The maximum absolute atomic E-state index is 12.6. The molecule has 1 fully saturated rings. The summed E-state index contributed by atoms with van der Waals surface area (Å²) in [5.74, 6) is 0.419. The molecule has 0 unspecified atom stereocenters. The average Bonchev–Trinajstić information content (AvgIpc) is 3.19. The highest BCUT2D eigenvalue weighted by molar-refractivity contribution is 7.13. The highest BCUT2D eigenvalue weighted by Gasteiger charge is 2.23. The molecule has 1 aromatic carbocycles. The van der Waals surface area contributed by atoms with Gasteiger partial charge in [0, 0.05) is 37.9 Å². The lowest BCUT2D eigenvalue weighted by atomic mass is 10.2. The zero-order valence-electron chi connectivity index (χ0n) is 16.1. The number of carbonyl (C=O) groups is 2. The zero-order chi connectivity index (χ0) is 20.1. The Bertz CT molecular complexity index is 866. The monoisotopic (exact) mass is 416 g/mol. The number of fused-ring (bicyclic) bond motifs is 1. The highest BCUT2D eigenvalue weighted by Crippen LogP contribution is 2.31. The topological polar surface area (TPSA) is 84.0 Å². The van der Waals surface area contributed by atoms with E-state index in [0.29, 0.717) is 24.0 Å². The SMILES string of the molecule is O=C(CCC(=O)N1CCOc2ccccc21)Nc1nc(CN2CCOCC2)cs1. The van der Waals surface area contributed by atoms with Gasteiger partial charge in [-0.3, -0.25) is 14.5 Å². The van der Waals surface area contributed by atoms with Gasteiger partial charge in [0.15, 0.2) is 5.13 Å². The minimum absolute atomic E-state index is 0.0805. The Balaban J connectivity index is 1.26. The predicted octanol–water partition coefficient (Wildman–Crippen LogP) is 2.12. The molecule has 29 heavy (non-hydrogen) atoms. The van der Waals surface area contributed by atoms with Gasteiger partial charge in [0.05, 0.1) is 31.1 Å². The third kappa shape index (κ3) is 5.11. The summed E-state index contributed by atoms with van der Waals surface area (Å²) in [5, 5.41) is 5.34. The number of carbonyl (C=O) groups excluding carboxylic acids is 2. The standard InChI is InChI=1S/C20H24N4O4S/c25-18(22-20-21-15(14-29-20)13-23-7-10-27-11-8-23)5-6-19(26)24-9-12-28-17-4-2-1-3-16(17)24/h1-4,14H,5-13H2,(H,21,22,25). The third-order valence-corrected chi connectivity index (χ3v) is 5.69. The second-order valence-electron chi connectivity index (χ2n) is 6.94. The van der Waals surface area contributed by atoms with Gasteiger partial charge in [-0.2, -0.15) is 0 Å². The molecule has 2 aromatic rings. The number of amides is 2. The largest absolute Gasteiger partial charge is 0.490 e. The first-order chi connectivity index (χ1) is 14.2. The summed E-state index contributed by atoms with van der Waals surface area (Å²) < 4.78 is 10.9. The number of nitrogens with zero attached hydrogens (tertiary/aromatic N) is 3. The molecule has 2 aliphatic rings. The number of rotatable bonds is 6. The minimum Gasteiger partial charge on any atom is -0.490 e. The lowest BCUT2D eigenvalue weighted by Crippen LogP contribution is -2.38. The maximum atomic E-state index is 12.6. The van der Waals surface area contributed by atoms with Crippen LogP contribution in [-0.2, 0) is 20.9 Å². The van der Waals surface area contributed by atoms with Gasteiger partial charge in [0.1, 0.15) is 12.4 Å². The molecule has 0 aliphatic carbocycles. The lowest BCUT2D eigenvalue weighted by molar-refractivity contribution is -0.122. The third-order valence-electron chi connectivity index (χ3n) is 4.88. The van der Waals surface area contributed by atoms with Crippen LogP contribution in [0.2, 0.25) is 0 Å². The quantitative estimate of drug-likeness (QED) is 0.777. The van der Waals surface area contributed by atoms with E-state index in [-0.39, 0.29) is 24.7 Å². The molecule has 154 valence electrons. The van der Waals surface area contributed by atoms with Crippen LogP contribution in [0.1, 0.15) is 18.5 Å². The fraction of sp³-hybridized carbons (Fsp3) is 0.450. The number of aromatic nitrogens is 1. The molecule has 1 saturated heterocycles. The van der Waals surface area contributed by atoms with Crippen LogP contribution in [0.5, 0.6) is 5.75 Å². The van der Waals surface area contributed by atoms with Crippen LogP contribution >= 0.6 is 11.3 Å². The maximum Gasteiger partial charge on any atom is 0.227 e. The number of ether oxygens (including phenoxy) is 2. The van der Waals surface area contributed by atoms with Crippen LogP contribution in [0.25, 0.3) is 0 Å². The van der Waals surface area contributed by atoms with Crippen molar-refractivity contribution in [3.63, 3.8) is 0 Å². The number of nitrogens with one attached hydrogen (secondary N) is 1. The molecule has 0 bridgehead atoms. The first-order valence-corrected chi connectivity index (χ1v) is 10.6. The fourth-order valence-corrected chi connectivity index (χ4v) is 4.11. The Morgan fingerprint density at radius 3 is 2.79 bits per heavy atom. The van der Waals surface area contributed by atoms with Crippen LogP contribution < -0.4 is 15.0 Å². The highest BCUT2D eigenvalue weighted by atomic mass is 32.1. The van der Waals surface area contributed by atoms with Crippen LogP contribution in [0.4, 0.5) is 10.8 Å². The van der Waals surface area contributed by atoms with Crippen molar-refractivity contribution < 1.29 is 19.1 Å². The summed E-state index contributed by atoms with van der Waals surface area (Å²) in [6.07, 6.45) is 0.267. The summed E-state index contributed by atoms with van der Waals surface area (Å²) >= 11 is 1.41. The van der Waals surface area contributed by atoms with Crippen molar-refractivity contribution in [2.75, 3.05) is 49.7 Å². The van der Waals surface area contributed by atoms with Gasteiger partial charge in [-0.05, 0) is 12.1 Å². The summed E-state index contributed by atoms with van der Waals surface area (Å²) in [6, 6.07) is 7.45. The number of anilines is 2. The number of thiazole rings is 1. The zero-order valence-corrected chi connectivity index (χ0v) is 17.0. The van der Waals surface area contributed by atoms with E-state index in [9.17, 15) is 9.59 Å². The average molecular weight is 417 g/mol. The molecular formula is C20H24N4O4S. The van der Waals surface area contributed by atoms with Crippen LogP contribution in [0.15, 0.2) is 29.6 Å². The van der Waals surface area contributed by atoms with Gasteiger partial charge in [-0.15, -0.1) is 11.3 Å². The molecule has 0 saturated carbocycles. The van der Waals surface area contributed by atoms with E-state index >= 15 is 0 Å². The van der Waals surface area contributed by atoms with E-state index in [1.165, 1.54) is 11.3 Å². The number of para-hydroxylation sites is 2. The van der Waals surface area contributed by atoms with Gasteiger partial charge in [0.2, 0.25) is 11.8 Å². The summed E-state index contributed by atoms with van der Waals surface area (Å²) in [7, 11) is 0. The Labute approximate surface area is 173 Å². The van der Waals surface area contributed by atoms with Gasteiger partial charge in [-0.25, -0.2) is 4.98 Å². The second kappa shape index (κ2) is 9.34. The summed E-state index contributed by atoms with van der Waals surface area (Å²) in [4.78, 5) is 33.3. The van der Waals surface area contributed by atoms with Gasteiger partial charge >= 0.3 is 0 Å². The summed E-state index contributed by atoms with van der Waals surface area (Å²) in [5.41, 5.74) is 1.70. The molecule has 3 heterocycles. The normalized spacial score (nSPS) is 16.8. The number of benzene rings is 1. The molecular weight excluding hydrogens is 392 g/mol. The van der Waals surface area contributed by atoms with Crippen molar-refractivity contribution in [2.24, 2.45) is 0 Å². The predicted molar refractivity (Wildman–Crippen MR) is 110 cm³/mol. The van der Waals surface area contributed by atoms with Crippen molar-refractivity contribution >= 4 is 34.0 Å². The van der Waals surface area contributed by atoms with E-state index in [4.69, 9.17) is 9.47 Å². The smallest absolute Gasteiger partial charge is 0.227 e. The van der Waals surface area contributed by atoms with E-state index in [0.717, 1.165) is 44.2 Å². The Hall–Kier alpha value is -2.49. The van der Waals surface area contributed by atoms with Crippen molar-refractivity contribution in [3.8, 4) is 5.75 Å². The molecule has 4 rings (SSSR count). The van der Waals surface area contributed by atoms with Gasteiger partial charge < -0.3 is 19.7 Å². The Morgan fingerprint density at radius 1 is 1.10 bits per heavy atom. The Kier molecular flexibility index (Phi) is 6.38. The minimum atomic E-state index is -0.202. The molecule has 2 aliphatic heterocycles. The number of hydrogen-bond acceptors (Lipinski definition) is 7. The molecule has 1 N–H and O–H groups in total. The van der Waals surface area contributed by atoms with E-state index in [1.807, 2.05) is 29.6 Å². The van der Waals surface area contributed by atoms with E-state index in [1.54, 1.807) is 4.90 Å². The van der Waals surface area contributed by atoms with Gasteiger partial charge in [-0.1, -0.05) is 12.1 Å². The first-order valence-electron chi connectivity index (χ1n) is 9.75. The van der Waals surface area contributed by atoms with Crippen molar-refractivity contribution in [2.45, 2.75) is 19.4 Å². The van der Waals surface area contributed by atoms with Crippen molar-refractivity contribution in [3.05, 3.63) is 35.3 Å². The fourth-order valence-electron chi connectivity index (χ4n) is 3.39. The molecule has 1 aromatic heterocycles. The molecule has 8 nitrogen and oxygen atoms in total. The van der Waals surface area contributed by atoms with Gasteiger partial charge in [0.25, 0.3) is 0 Å².